The third kappa shape index (κ3) is 3.13. The molecule has 122 valence electrons. The van der Waals surface area contributed by atoms with Gasteiger partial charge in [0.15, 0.2) is 0 Å². The molecule has 0 fully saturated rings. The van der Waals surface area contributed by atoms with Crippen molar-refractivity contribution < 1.29 is 13.2 Å². The molecule has 1 aliphatic rings. The van der Waals surface area contributed by atoms with Gasteiger partial charge in [-0.05, 0) is 43.2 Å². The van der Waals surface area contributed by atoms with E-state index in [4.69, 9.17) is 10.5 Å². The Morgan fingerprint density at radius 2 is 2.04 bits per heavy atom. The lowest BCUT2D eigenvalue weighted by atomic mass is 10.1. The number of hydrogen-bond acceptors (Lipinski definition) is 6. The van der Waals surface area contributed by atoms with Crippen LogP contribution >= 0.6 is 0 Å². The topological polar surface area (TPSA) is 98.4 Å². The number of sulfonamides is 1. The summed E-state index contributed by atoms with van der Waals surface area (Å²) in [6.07, 6.45) is 2.24. The van der Waals surface area contributed by atoms with E-state index < -0.39 is 10.0 Å². The Balaban J connectivity index is 1.85. The van der Waals surface area contributed by atoms with Crippen LogP contribution in [-0.2, 0) is 23.0 Å². The van der Waals surface area contributed by atoms with E-state index in [0.717, 1.165) is 5.56 Å². The molecule has 0 saturated heterocycles. The van der Waals surface area contributed by atoms with Crippen LogP contribution in [-0.4, -0.2) is 35.8 Å². The summed E-state index contributed by atoms with van der Waals surface area (Å²) in [6.45, 7) is 3.02. The molecule has 23 heavy (non-hydrogen) atoms. The highest BCUT2D eigenvalue weighted by atomic mass is 32.2. The van der Waals surface area contributed by atoms with Gasteiger partial charge in [0.1, 0.15) is 5.75 Å². The fourth-order valence-electron chi connectivity index (χ4n) is 2.52. The summed E-state index contributed by atoms with van der Waals surface area (Å²) in [5, 5.41) is 0. The van der Waals surface area contributed by atoms with Gasteiger partial charge in [-0.1, -0.05) is 0 Å². The molecule has 0 bridgehead atoms. The third-order valence-electron chi connectivity index (χ3n) is 3.70. The second kappa shape index (κ2) is 6.13. The molecule has 1 aromatic carbocycles. The van der Waals surface area contributed by atoms with Gasteiger partial charge in [0.25, 0.3) is 0 Å². The quantitative estimate of drug-likeness (QED) is 0.902. The highest BCUT2D eigenvalue weighted by molar-refractivity contribution is 7.89. The molecule has 0 radical (unpaired) electrons. The molecule has 0 atom stereocenters. The van der Waals surface area contributed by atoms with E-state index in [1.165, 1.54) is 4.31 Å². The maximum atomic E-state index is 12.8. The van der Waals surface area contributed by atoms with Crippen molar-refractivity contribution in [3.8, 4) is 5.75 Å². The molecule has 8 heteroatoms. The van der Waals surface area contributed by atoms with Crippen LogP contribution in [0, 0.1) is 0 Å². The Morgan fingerprint density at radius 3 is 2.74 bits per heavy atom. The van der Waals surface area contributed by atoms with E-state index >= 15 is 0 Å². The second-order valence-corrected chi connectivity index (χ2v) is 7.13. The first-order chi connectivity index (χ1) is 11.0. The van der Waals surface area contributed by atoms with Crippen molar-refractivity contribution >= 4 is 16.0 Å². The number of aromatic nitrogens is 2. The Labute approximate surface area is 135 Å². The fraction of sp³-hybridized carbons (Fsp3) is 0.333. The van der Waals surface area contributed by atoms with Crippen molar-refractivity contribution in [2.45, 2.75) is 24.8 Å². The number of nitrogens with two attached hydrogens (primary N) is 1. The summed E-state index contributed by atoms with van der Waals surface area (Å²) < 4.78 is 32.3. The fourth-order valence-corrected chi connectivity index (χ4v) is 3.93. The highest BCUT2D eigenvalue weighted by Gasteiger charge is 2.29. The molecule has 1 aliphatic heterocycles. The third-order valence-corrected chi connectivity index (χ3v) is 5.56. The maximum absolute atomic E-state index is 12.8. The smallest absolute Gasteiger partial charge is 0.243 e. The van der Waals surface area contributed by atoms with Gasteiger partial charge in [0, 0.05) is 12.7 Å². The van der Waals surface area contributed by atoms with Crippen LogP contribution in [0.2, 0.25) is 0 Å². The van der Waals surface area contributed by atoms with Gasteiger partial charge < -0.3 is 10.5 Å². The highest BCUT2D eigenvalue weighted by Crippen LogP contribution is 2.25. The Hall–Kier alpha value is -2.19. The Kier molecular flexibility index (Phi) is 4.18. The van der Waals surface area contributed by atoms with Crippen LogP contribution in [0.4, 0.5) is 5.95 Å². The number of ether oxygens (including phenoxy) is 1. The summed E-state index contributed by atoms with van der Waals surface area (Å²) in [4.78, 5) is 8.34. The lowest BCUT2D eigenvalue weighted by Gasteiger charge is -2.27. The van der Waals surface area contributed by atoms with Crippen LogP contribution < -0.4 is 10.5 Å². The first-order valence-electron chi connectivity index (χ1n) is 7.34. The molecule has 2 N–H and O–H groups in total. The van der Waals surface area contributed by atoms with Gasteiger partial charge in [-0.2, -0.15) is 4.31 Å². The van der Waals surface area contributed by atoms with E-state index in [9.17, 15) is 8.42 Å². The van der Waals surface area contributed by atoms with E-state index in [0.29, 0.717) is 31.0 Å². The predicted octanol–water partition coefficient (Wildman–Crippen LogP) is 1.20. The largest absolute Gasteiger partial charge is 0.494 e. The molecular weight excluding hydrogens is 316 g/mol. The molecule has 2 aromatic rings. The van der Waals surface area contributed by atoms with Crippen LogP contribution in [0.1, 0.15) is 18.2 Å². The second-order valence-electron chi connectivity index (χ2n) is 5.19. The minimum Gasteiger partial charge on any atom is -0.494 e. The van der Waals surface area contributed by atoms with Crippen molar-refractivity contribution in [1.29, 1.82) is 0 Å². The lowest BCUT2D eigenvalue weighted by molar-refractivity contribution is 0.340. The van der Waals surface area contributed by atoms with Gasteiger partial charge in [-0.3, -0.25) is 0 Å². The number of anilines is 1. The van der Waals surface area contributed by atoms with E-state index in [1.54, 1.807) is 30.5 Å². The average molecular weight is 334 g/mol. The van der Waals surface area contributed by atoms with Gasteiger partial charge in [0.05, 0.1) is 23.7 Å². The average Bonchev–Trinajstić information content (AvgIpc) is 2.55. The molecule has 0 aliphatic carbocycles. The van der Waals surface area contributed by atoms with Crippen molar-refractivity contribution in [3.05, 3.63) is 41.7 Å². The number of benzene rings is 1. The number of nitrogens with zero attached hydrogens (tertiary/aromatic N) is 3. The van der Waals surface area contributed by atoms with Crippen LogP contribution in [0.3, 0.4) is 0 Å². The molecule has 0 spiro atoms. The van der Waals surface area contributed by atoms with E-state index in [-0.39, 0.29) is 17.4 Å². The standard InChI is InChI=1S/C15H18N4O3S/c1-2-22-12-3-5-13(6-4-12)23(20,21)19-8-7-11-9-17-15(16)18-14(11)10-19/h3-6,9H,2,7-8,10H2,1H3,(H2,16,17,18). The lowest BCUT2D eigenvalue weighted by Crippen LogP contribution is -2.36. The monoisotopic (exact) mass is 334 g/mol. The maximum Gasteiger partial charge on any atom is 0.243 e. The molecule has 7 nitrogen and oxygen atoms in total. The van der Waals surface area contributed by atoms with Crippen molar-refractivity contribution in [2.75, 3.05) is 18.9 Å². The zero-order chi connectivity index (χ0) is 16.4. The Bertz CT molecular complexity index is 806. The first-order valence-corrected chi connectivity index (χ1v) is 8.78. The van der Waals surface area contributed by atoms with Crippen molar-refractivity contribution in [1.82, 2.24) is 14.3 Å². The van der Waals surface area contributed by atoms with Crippen LogP contribution in [0.5, 0.6) is 5.75 Å². The summed E-state index contributed by atoms with van der Waals surface area (Å²) in [5.41, 5.74) is 7.20. The van der Waals surface area contributed by atoms with Crippen LogP contribution in [0.15, 0.2) is 35.4 Å². The summed E-state index contributed by atoms with van der Waals surface area (Å²) in [5.74, 6) is 0.806. The minimum absolute atomic E-state index is 0.157. The van der Waals surface area contributed by atoms with Gasteiger partial charge >= 0.3 is 0 Å². The van der Waals surface area contributed by atoms with E-state index in [2.05, 4.69) is 9.97 Å². The van der Waals surface area contributed by atoms with Crippen molar-refractivity contribution in [2.24, 2.45) is 0 Å². The zero-order valence-electron chi connectivity index (χ0n) is 12.8. The molecule has 2 heterocycles. The normalized spacial score (nSPS) is 15.2. The van der Waals surface area contributed by atoms with E-state index in [1.807, 2.05) is 6.92 Å². The molecule has 0 amide bonds. The molecule has 0 saturated carbocycles. The number of nitrogen functional groups attached to an aromatic ring is 1. The number of rotatable bonds is 4. The molecule has 1 aromatic heterocycles. The minimum atomic E-state index is -3.57. The van der Waals surface area contributed by atoms with Gasteiger partial charge in [-0.25, -0.2) is 18.4 Å². The number of fused-ring (bicyclic) bond motifs is 1. The summed E-state index contributed by atoms with van der Waals surface area (Å²) >= 11 is 0. The van der Waals surface area contributed by atoms with Gasteiger partial charge in [0.2, 0.25) is 16.0 Å². The Morgan fingerprint density at radius 1 is 1.30 bits per heavy atom. The SMILES string of the molecule is CCOc1ccc(S(=O)(=O)N2CCc3cnc(N)nc3C2)cc1. The summed E-state index contributed by atoms with van der Waals surface area (Å²) in [7, 11) is -3.57. The zero-order valence-corrected chi connectivity index (χ0v) is 13.6. The number of hydrogen-bond donors (Lipinski definition) is 1. The molecule has 3 rings (SSSR count). The first kappa shape index (κ1) is 15.7. The van der Waals surface area contributed by atoms with Gasteiger partial charge in [-0.15, -0.1) is 0 Å². The molecular formula is C15H18N4O3S. The predicted molar refractivity (Wildman–Crippen MR) is 85.4 cm³/mol. The molecule has 0 unspecified atom stereocenters. The van der Waals surface area contributed by atoms with Crippen LogP contribution in [0.25, 0.3) is 0 Å². The summed E-state index contributed by atoms with van der Waals surface area (Å²) in [6, 6.07) is 6.44. The van der Waals surface area contributed by atoms with Crippen molar-refractivity contribution in [3.63, 3.8) is 0 Å².